The van der Waals surface area contributed by atoms with Crippen LogP contribution in [0.3, 0.4) is 0 Å². The zero-order chi connectivity index (χ0) is 35.1. The molecule has 292 valence electrons. The Kier molecular flexibility index (Phi) is 27.9. The number of hydrogen-bond donors (Lipinski definition) is 0. The van der Waals surface area contributed by atoms with E-state index in [1.807, 2.05) is 0 Å². The Morgan fingerprint density at radius 2 is 0.551 bits per heavy atom. The lowest BCUT2D eigenvalue weighted by Gasteiger charge is -2.28. The van der Waals surface area contributed by atoms with E-state index in [0.29, 0.717) is 11.8 Å². The van der Waals surface area contributed by atoms with Gasteiger partial charge in [0.1, 0.15) is 11.2 Å². The molecule has 3 nitrogen and oxygen atoms in total. The van der Waals surface area contributed by atoms with Crippen LogP contribution in [0.25, 0.3) is 0 Å². The smallest absolute Gasteiger partial charge is 0.118 e. The van der Waals surface area contributed by atoms with E-state index in [0.717, 1.165) is 26.4 Å². The molecule has 0 aromatic rings. The molecule has 2 saturated heterocycles. The van der Waals surface area contributed by atoms with Crippen molar-refractivity contribution in [1.82, 2.24) is 0 Å². The van der Waals surface area contributed by atoms with Crippen molar-refractivity contribution < 1.29 is 14.2 Å². The summed E-state index contributed by atoms with van der Waals surface area (Å²) in [6.07, 6.45) is 47.2. The highest BCUT2D eigenvalue weighted by Crippen LogP contribution is 2.45. The summed E-state index contributed by atoms with van der Waals surface area (Å²) in [5.74, 6) is 1.33. The van der Waals surface area contributed by atoms with Gasteiger partial charge in [-0.1, -0.05) is 220 Å². The molecule has 2 fully saturated rings. The molecule has 0 amide bonds. The molecular weight excluding hydrogens is 601 g/mol. The molecule has 3 heteroatoms. The molecule has 4 unspecified atom stereocenters. The first-order valence-electron chi connectivity index (χ1n) is 23.0. The van der Waals surface area contributed by atoms with E-state index in [-0.39, 0.29) is 11.2 Å². The van der Waals surface area contributed by atoms with E-state index in [1.165, 1.54) is 218 Å². The van der Waals surface area contributed by atoms with Gasteiger partial charge in [-0.15, -0.1) is 0 Å². The van der Waals surface area contributed by atoms with Gasteiger partial charge in [-0.2, -0.15) is 0 Å². The van der Waals surface area contributed by atoms with Gasteiger partial charge >= 0.3 is 0 Å². The molecule has 0 saturated carbocycles. The van der Waals surface area contributed by atoms with E-state index in [9.17, 15) is 0 Å². The minimum Gasteiger partial charge on any atom is -0.375 e. The Labute approximate surface area is 308 Å². The third kappa shape index (κ3) is 21.9. The zero-order valence-corrected chi connectivity index (χ0v) is 34.2. The van der Waals surface area contributed by atoms with Crippen molar-refractivity contribution in [3.63, 3.8) is 0 Å². The van der Waals surface area contributed by atoms with Crippen molar-refractivity contribution in [2.24, 2.45) is 11.8 Å². The van der Waals surface area contributed by atoms with Gasteiger partial charge in [0, 0.05) is 0 Å². The van der Waals surface area contributed by atoms with E-state index < -0.39 is 0 Å². The zero-order valence-electron chi connectivity index (χ0n) is 34.2. The highest BCUT2D eigenvalue weighted by Gasteiger charge is 2.54. The fourth-order valence-corrected chi connectivity index (χ4v) is 8.54. The van der Waals surface area contributed by atoms with Crippen LogP contribution in [0.2, 0.25) is 0 Å². The molecule has 0 aromatic carbocycles. The molecule has 2 aliphatic heterocycles. The summed E-state index contributed by atoms with van der Waals surface area (Å²) in [5.41, 5.74) is -0.0168. The maximum absolute atomic E-state index is 6.70. The molecular formula is C46H90O3. The molecule has 0 N–H and O–H groups in total. The lowest BCUT2D eigenvalue weighted by Crippen LogP contribution is -2.35. The molecule has 2 heterocycles. The summed E-state index contributed by atoms with van der Waals surface area (Å²) in [6, 6.07) is 0. The molecule has 49 heavy (non-hydrogen) atoms. The first-order chi connectivity index (χ1) is 24.2. The van der Waals surface area contributed by atoms with Crippen LogP contribution >= 0.6 is 0 Å². The molecule has 0 spiro atoms. The fraction of sp³-hybridized carbons (Fsp3) is 1.00. The van der Waals surface area contributed by atoms with Crippen LogP contribution in [0.15, 0.2) is 0 Å². The Morgan fingerprint density at radius 1 is 0.347 bits per heavy atom. The van der Waals surface area contributed by atoms with Crippen molar-refractivity contribution in [2.75, 3.05) is 26.4 Å². The van der Waals surface area contributed by atoms with Crippen molar-refractivity contribution in [3.8, 4) is 0 Å². The quantitative estimate of drug-likeness (QED) is 0.0474. The van der Waals surface area contributed by atoms with Gasteiger partial charge in [0.05, 0.1) is 26.4 Å². The van der Waals surface area contributed by atoms with Crippen LogP contribution in [0.4, 0.5) is 0 Å². The van der Waals surface area contributed by atoms with Crippen LogP contribution in [-0.2, 0) is 14.2 Å². The van der Waals surface area contributed by atoms with Crippen molar-refractivity contribution in [2.45, 2.75) is 257 Å². The van der Waals surface area contributed by atoms with Crippen LogP contribution in [0.1, 0.15) is 246 Å². The van der Waals surface area contributed by atoms with E-state index in [2.05, 4.69) is 27.7 Å². The lowest BCUT2D eigenvalue weighted by atomic mass is 9.83. The summed E-state index contributed by atoms with van der Waals surface area (Å²) >= 11 is 0. The Bertz CT molecular complexity index is 640. The average molecular weight is 691 g/mol. The number of unbranched alkanes of at least 4 members (excludes halogenated alkanes) is 26. The number of epoxide rings is 2. The minimum atomic E-state index is -0.00838. The molecule has 2 aliphatic rings. The largest absolute Gasteiger partial charge is 0.375 e. The third-order valence-corrected chi connectivity index (χ3v) is 12.3. The predicted octanol–water partition coefficient (Wildman–Crippen LogP) is 15.1. The average Bonchev–Trinajstić information content (AvgIpc) is 4.05. The molecule has 0 bridgehead atoms. The van der Waals surface area contributed by atoms with E-state index >= 15 is 0 Å². The normalized spacial score (nSPS) is 21.3. The standard InChI is InChI=1S/C46H90O3/c1-5-9-13-17-21-23-25-29-33-37-43(35-31-27-19-15-11-7-3)45(41-48-45)39-47-40-46(42-49-46)44(36-32-28-20-16-12-8-4)38-34-30-26-24-22-18-14-10-6-2/h43-44H,5-42H2,1-4H3. The van der Waals surface area contributed by atoms with Crippen molar-refractivity contribution in [1.29, 1.82) is 0 Å². The molecule has 4 atom stereocenters. The van der Waals surface area contributed by atoms with Gasteiger partial charge < -0.3 is 14.2 Å². The Balaban J connectivity index is 1.82. The SMILES string of the molecule is CCCCCCCCCCCC(CCCCCCCC)C1(COCC2(C(CCCCCCCC)CCCCCCCCCCC)CO2)CO1. The molecule has 0 aliphatic carbocycles. The summed E-state index contributed by atoms with van der Waals surface area (Å²) in [4.78, 5) is 0. The highest BCUT2D eigenvalue weighted by atomic mass is 16.6. The van der Waals surface area contributed by atoms with Gasteiger partial charge in [0.25, 0.3) is 0 Å². The van der Waals surface area contributed by atoms with Crippen LogP contribution in [0, 0.1) is 11.8 Å². The second-order valence-corrected chi connectivity index (χ2v) is 16.9. The third-order valence-electron chi connectivity index (χ3n) is 12.3. The van der Waals surface area contributed by atoms with Crippen LogP contribution in [0.5, 0.6) is 0 Å². The predicted molar refractivity (Wildman–Crippen MR) is 215 cm³/mol. The molecule has 0 aromatic heterocycles. The van der Waals surface area contributed by atoms with E-state index in [1.54, 1.807) is 0 Å². The maximum Gasteiger partial charge on any atom is 0.118 e. The molecule has 2 rings (SSSR count). The molecule has 0 radical (unpaired) electrons. The van der Waals surface area contributed by atoms with Gasteiger partial charge in [-0.25, -0.2) is 0 Å². The first-order valence-corrected chi connectivity index (χ1v) is 23.0. The maximum atomic E-state index is 6.70. The summed E-state index contributed by atoms with van der Waals surface area (Å²) < 4.78 is 19.4. The number of hydrogen-bond acceptors (Lipinski definition) is 3. The topological polar surface area (TPSA) is 34.3 Å². The van der Waals surface area contributed by atoms with Gasteiger partial charge in [0.2, 0.25) is 0 Å². The Hall–Kier alpha value is -0.120. The summed E-state index contributed by atoms with van der Waals surface area (Å²) in [5, 5.41) is 0. The highest BCUT2D eigenvalue weighted by molar-refractivity contribution is 5.01. The number of rotatable bonds is 40. The monoisotopic (exact) mass is 691 g/mol. The van der Waals surface area contributed by atoms with Crippen LogP contribution in [-0.4, -0.2) is 37.6 Å². The van der Waals surface area contributed by atoms with Crippen LogP contribution < -0.4 is 0 Å². The summed E-state index contributed by atoms with van der Waals surface area (Å²) in [6.45, 7) is 12.7. The van der Waals surface area contributed by atoms with E-state index in [4.69, 9.17) is 14.2 Å². The van der Waals surface area contributed by atoms with Gasteiger partial charge in [-0.3, -0.25) is 0 Å². The number of ether oxygens (including phenoxy) is 3. The second-order valence-electron chi connectivity index (χ2n) is 16.9. The lowest BCUT2D eigenvalue weighted by molar-refractivity contribution is 0.00259. The minimum absolute atomic E-state index is 0.00838. The van der Waals surface area contributed by atoms with Gasteiger partial charge in [-0.05, 0) is 37.5 Å². The Morgan fingerprint density at radius 3 is 0.755 bits per heavy atom. The van der Waals surface area contributed by atoms with Crippen molar-refractivity contribution >= 4 is 0 Å². The first kappa shape index (κ1) is 45.0. The van der Waals surface area contributed by atoms with Gasteiger partial charge in [0.15, 0.2) is 0 Å². The van der Waals surface area contributed by atoms with Crippen molar-refractivity contribution in [3.05, 3.63) is 0 Å². The summed E-state index contributed by atoms with van der Waals surface area (Å²) in [7, 11) is 0. The second kappa shape index (κ2) is 30.4. The fourth-order valence-electron chi connectivity index (χ4n) is 8.54.